The Kier molecular flexibility index (Phi) is 13.7. The van der Waals surface area contributed by atoms with Crippen LogP contribution in [0.3, 0.4) is 0 Å². The summed E-state index contributed by atoms with van der Waals surface area (Å²) in [4.78, 5) is 64.0. The molecule has 278 valence electrons. The highest BCUT2D eigenvalue weighted by molar-refractivity contribution is 9.11. The highest BCUT2D eigenvalue weighted by Gasteiger charge is 2.33. The maximum absolute atomic E-state index is 14.1. The molecule has 0 saturated carbocycles. The maximum Gasteiger partial charge on any atom is 0.318 e. The number of unbranched alkanes of at least 4 members (excludes halogenated alkanes) is 1. The van der Waals surface area contributed by atoms with Crippen molar-refractivity contribution in [2.75, 3.05) is 68.7 Å². The van der Waals surface area contributed by atoms with E-state index < -0.39 is 28.9 Å². The monoisotopic (exact) mass is 843 g/mol. The number of non-ortho nitro benzene ring substituents is 1. The number of carbonyl (C=O) groups excluding carboxylic acids is 3. The van der Waals surface area contributed by atoms with Gasteiger partial charge in [-0.25, -0.2) is 4.79 Å². The Balaban J connectivity index is 1.27. The third kappa shape index (κ3) is 10.1. The number of nitrogens with two attached hydrogens (primary N) is 1. The molecule has 52 heavy (non-hydrogen) atoms. The number of aromatic nitrogens is 1. The van der Waals surface area contributed by atoms with E-state index in [1.54, 1.807) is 46.5 Å². The average molecular weight is 846 g/mol. The summed E-state index contributed by atoms with van der Waals surface area (Å²) in [6.07, 6.45) is 5.29. The number of pyridine rings is 1. The topological polar surface area (TPSA) is 191 Å². The predicted molar refractivity (Wildman–Crippen MR) is 204 cm³/mol. The van der Waals surface area contributed by atoms with Crippen molar-refractivity contribution in [3.63, 3.8) is 0 Å². The van der Waals surface area contributed by atoms with Crippen molar-refractivity contribution in [2.45, 2.75) is 37.8 Å². The quantitative estimate of drug-likeness (QED) is 0.112. The van der Waals surface area contributed by atoms with Crippen LogP contribution in [0, 0.1) is 10.1 Å². The van der Waals surface area contributed by atoms with Crippen LogP contribution in [-0.4, -0.2) is 114 Å². The predicted octanol–water partition coefficient (Wildman–Crippen LogP) is 3.63. The molecule has 2 aliphatic heterocycles. The Labute approximate surface area is 318 Å². The Bertz CT molecular complexity index is 1680. The molecule has 15 nitrogen and oxygen atoms in total. The van der Waals surface area contributed by atoms with Gasteiger partial charge in [0, 0.05) is 94.7 Å². The van der Waals surface area contributed by atoms with Crippen molar-refractivity contribution in [1.29, 1.82) is 0 Å². The summed E-state index contributed by atoms with van der Waals surface area (Å²) in [6.45, 7) is 4.43. The molecule has 5 rings (SSSR count). The second-order valence-corrected chi connectivity index (χ2v) is 14.4. The Morgan fingerprint density at radius 1 is 0.827 bits per heavy atom. The van der Waals surface area contributed by atoms with Gasteiger partial charge in [-0.1, -0.05) is 0 Å². The number of hydrogen-bond donors (Lipinski definition) is 4. The number of nitro groups is 1. The molecule has 0 radical (unpaired) electrons. The summed E-state index contributed by atoms with van der Waals surface area (Å²) in [5.74, 6) is -0.670. The lowest BCUT2D eigenvalue weighted by molar-refractivity contribution is -0.384. The number of urea groups is 1. The number of carbonyl (C=O) groups is 3. The first-order chi connectivity index (χ1) is 25.0. The third-order valence-electron chi connectivity index (χ3n) is 9.30. The fourth-order valence-corrected chi connectivity index (χ4v) is 7.64. The van der Waals surface area contributed by atoms with Gasteiger partial charge in [-0.3, -0.25) is 24.7 Å². The molecule has 17 heteroatoms. The number of nitro benzene ring substituents is 1. The average Bonchev–Trinajstić information content (AvgIpc) is 3.16. The van der Waals surface area contributed by atoms with Crippen LogP contribution in [0.1, 0.15) is 24.8 Å². The van der Waals surface area contributed by atoms with Crippen LogP contribution in [-0.2, 0) is 16.0 Å². The summed E-state index contributed by atoms with van der Waals surface area (Å²) in [6, 6.07) is 11.2. The first-order valence-corrected chi connectivity index (χ1v) is 18.8. The number of phenols is 1. The van der Waals surface area contributed by atoms with Gasteiger partial charge in [-0.15, -0.1) is 0 Å². The van der Waals surface area contributed by atoms with Gasteiger partial charge in [0.25, 0.3) is 5.69 Å². The Hall–Kier alpha value is -4.48. The molecular weight excluding hydrogens is 802 g/mol. The van der Waals surface area contributed by atoms with Gasteiger partial charge in [0.05, 0.1) is 13.9 Å². The SMILES string of the molecule is NCCCC[C@H](NC(=O)[C@@H](Cc1cc(Br)c(O)c(Br)c1)NC(=O)N1CCN(c2ccc([N+](=O)[O-])cc2)CC1)C(=O)N1CCN(c2ccncc2)CC1. The van der Waals surface area contributed by atoms with Gasteiger partial charge in [-0.05, 0) is 99.6 Å². The normalized spacial score (nSPS) is 15.9. The van der Waals surface area contributed by atoms with Crippen LogP contribution >= 0.6 is 31.9 Å². The molecule has 2 aliphatic rings. The lowest BCUT2D eigenvalue weighted by atomic mass is 10.0. The van der Waals surface area contributed by atoms with Crippen molar-refractivity contribution >= 4 is 66.8 Å². The van der Waals surface area contributed by atoms with Crippen molar-refractivity contribution < 1.29 is 24.4 Å². The smallest absolute Gasteiger partial charge is 0.318 e. The number of halogens is 2. The minimum atomic E-state index is -1.04. The summed E-state index contributed by atoms with van der Waals surface area (Å²) in [5.41, 5.74) is 8.28. The molecule has 2 fully saturated rings. The lowest BCUT2D eigenvalue weighted by Crippen LogP contribution is -2.59. The molecule has 3 aromatic rings. The summed E-state index contributed by atoms with van der Waals surface area (Å²) >= 11 is 6.70. The molecule has 5 N–H and O–H groups in total. The van der Waals surface area contributed by atoms with Gasteiger partial charge >= 0.3 is 6.03 Å². The number of amides is 4. The summed E-state index contributed by atoms with van der Waals surface area (Å²) in [5, 5.41) is 27.2. The third-order valence-corrected chi connectivity index (χ3v) is 10.5. The maximum atomic E-state index is 14.1. The van der Waals surface area contributed by atoms with E-state index in [1.165, 1.54) is 12.1 Å². The number of phenolic OH excluding ortho intramolecular Hbond substituents is 1. The Morgan fingerprint density at radius 3 is 1.94 bits per heavy atom. The summed E-state index contributed by atoms with van der Waals surface area (Å²) in [7, 11) is 0. The van der Waals surface area contributed by atoms with E-state index in [0.717, 1.165) is 11.4 Å². The zero-order valence-electron chi connectivity index (χ0n) is 28.6. The minimum Gasteiger partial charge on any atom is -0.506 e. The zero-order chi connectivity index (χ0) is 37.2. The first-order valence-electron chi connectivity index (χ1n) is 17.2. The molecule has 0 unspecified atom stereocenters. The minimum absolute atomic E-state index is 0.00526. The van der Waals surface area contributed by atoms with Crippen LogP contribution in [0.5, 0.6) is 5.75 Å². The molecule has 0 aliphatic carbocycles. The van der Waals surface area contributed by atoms with Gasteiger partial charge in [-0.2, -0.15) is 0 Å². The van der Waals surface area contributed by atoms with Crippen molar-refractivity contribution in [3.05, 3.63) is 85.5 Å². The zero-order valence-corrected chi connectivity index (χ0v) is 31.8. The molecule has 2 atom stereocenters. The van der Waals surface area contributed by atoms with Crippen molar-refractivity contribution in [1.82, 2.24) is 25.4 Å². The van der Waals surface area contributed by atoms with Crippen LogP contribution in [0.25, 0.3) is 0 Å². The number of aromatic hydroxyl groups is 1. The molecular formula is C35H43Br2N9O6. The van der Waals surface area contributed by atoms with E-state index in [-0.39, 0.29) is 23.8 Å². The van der Waals surface area contributed by atoms with Crippen LogP contribution in [0.2, 0.25) is 0 Å². The largest absolute Gasteiger partial charge is 0.506 e. The number of piperazine rings is 2. The van der Waals surface area contributed by atoms with E-state index in [0.29, 0.717) is 92.7 Å². The van der Waals surface area contributed by atoms with Crippen LogP contribution in [0.4, 0.5) is 21.9 Å². The first kappa shape index (κ1) is 38.7. The van der Waals surface area contributed by atoms with E-state index in [9.17, 15) is 29.6 Å². The number of nitrogens with one attached hydrogen (secondary N) is 2. The second kappa shape index (κ2) is 18.3. The van der Waals surface area contributed by atoms with E-state index in [1.807, 2.05) is 17.0 Å². The standard InChI is InChI=1S/C35H43Br2N9O6/c36-28-21-24(22-29(37)32(28)47)23-31(41-35(50)45-19-15-42(16-20-45)25-4-6-27(7-5-25)46(51)52)33(48)40-30(3-1-2-10-38)34(49)44-17-13-43(14-18-44)26-8-11-39-12-9-26/h4-9,11-12,21-22,30-31,47H,1-3,10,13-20,23,38H2,(H,40,48)(H,41,50)/t30-,31+/m0/s1. The van der Waals surface area contributed by atoms with E-state index in [2.05, 4.69) is 52.4 Å². The molecule has 3 heterocycles. The van der Waals surface area contributed by atoms with Crippen molar-refractivity contribution in [2.24, 2.45) is 5.73 Å². The van der Waals surface area contributed by atoms with Crippen molar-refractivity contribution in [3.8, 4) is 5.75 Å². The van der Waals surface area contributed by atoms with Crippen LogP contribution in [0.15, 0.2) is 69.9 Å². The number of anilines is 2. The fraction of sp³-hybridized carbons (Fsp3) is 0.429. The fourth-order valence-electron chi connectivity index (χ4n) is 6.36. The van der Waals surface area contributed by atoms with Gasteiger partial charge in [0.1, 0.15) is 17.8 Å². The van der Waals surface area contributed by atoms with E-state index in [4.69, 9.17) is 5.73 Å². The van der Waals surface area contributed by atoms with Gasteiger partial charge in [0.15, 0.2) is 0 Å². The number of rotatable bonds is 13. The highest BCUT2D eigenvalue weighted by Crippen LogP contribution is 2.34. The number of benzene rings is 2. The second-order valence-electron chi connectivity index (χ2n) is 12.7. The number of nitrogens with zero attached hydrogens (tertiary/aromatic N) is 6. The summed E-state index contributed by atoms with van der Waals surface area (Å²) < 4.78 is 0.843. The lowest BCUT2D eigenvalue weighted by Gasteiger charge is -2.38. The molecule has 4 amide bonds. The highest BCUT2D eigenvalue weighted by atomic mass is 79.9. The molecule has 0 bridgehead atoms. The Morgan fingerprint density at radius 2 is 1.38 bits per heavy atom. The number of hydrogen-bond acceptors (Lipinski definition) is 10. The van der Waals surface area contributed by atoms with Gasteiger partial charge < -0.3 is 41.1 Å². The van der Waals surface area contributed by atoms with E-state index >= 15 is 0 Å². The molecule has 2 saturated heterocycles. The van der Waals surface area contributed by atoms with Crippen LogP contribution < -0.4 is 26.2 Å². The molecule has 0 spiro atoms. The molecule has 1 aromatic heterocycles. The van der Waals surface area contributed by atoms with Gasteiger partial charge in [0.2, 0.25) is 11.8 Å². The molecule has 2 aromatic carbocycles.